The molecule has 0 spiro atoms. The topological polar surface area (TPSA) is 56.1 Å². The summed E-state index contributed by atoms with van der Waals surface area (Å²) in [5, 5.41) is 11.2. The molecule has 0 saturated carbocycles. The van der Waals surface area contributed by atoms with Crippen LogP contribution in [-0.2, 0) is 4.79 Å². The Balaban J connectivity index is 2.53. The second kappa shape index (κ2) is 5.97. The SMILES string of the molecule is C[C@H](C#N)N(C)CC(=O)Nc1cccc(F)c1. The van der Waals surface area contributed by atoms with E-state index in [0.717, 1.165) is 0 Å². The lowest BCUT2D eigenvalue weighted by molar-refractivity contribution is -0.117. The third-order valence-electron chi connectivity index (χ3n) is 2.35. The van der Waals surface area contributed by atoms with Crippen LogP contribution in [0.4, 0.5) is 10.1 Å². The maximum absolute atomic E-state index is 12.9. The fourth-order valence-corrected chi connectivity index (χ4v) is 1.23. The van der Waals surface area contributed by atoms with Gasteiger partial charge in [-0.1, -0.05) is 6.07 Å². The number of likely N-dealkylation sites (N-methyl/N-ethyl adjacent to an activating group) is 1. The first-order chi connectivity index (χ1) is 8.02. The number of halogens is 1. The van der Waals surface area contributed by atoms with E-state index in [1.807, 2.05) is 6.07 Å². The van der Waals surface area contributed by atoms with E-state index in [-0.39, 0.29) is 18.5 Å². The largest absolute Gasteiger partial charge is 0.325 e. The molecule has 17 heavy (non-hydrogen) atoms. The summed E-state index contributed by atoms with van der Waals surface area (Å²) >= 11 is 0. The molecule has 4 nitrogen and oxygen atoms in total. The summed E-state index contributed by atoms with van der Waals surface area (Å²) in [5.41, 5.74) is 0.410. The van der Waals surface area contributed by atoms with E-state index in [2.05, 4.69) is 5.32 Å². The second-order valence-corrected chi connectivity index (χ2v) is 3.78. The molecule has 0 aliphatic heterocycles. The van der Waals surface area contributed by atoms with Crippen molar-refractivity contribution >= 4 is 11.6 Å². The Labute approximate surface area is 99.7 Å². The summed E-state index contributed by atoms with van der Waals surface area (Å²) in [6.45, 7) is 1.79. The minimum Gasteiger partial charge on any atom is -0.325 e. The van der Waals surface area contributed by atoms with Gasteiger partial charge in [-0.3, -0.25) is 9.69 Å². The predicted octanol–water partition coefficient (Wildman–Crippen LogP) is 1.61. The zero-order chi connectivity index (χ0) is 12.8. The summed E-state index contributed by atoms with van der Waals surface area (Å²) in [6.07, 6.45) is 0. The monoisotopic (exact) mass is 235 g/mol. The van der Waals surface area contributed by atoms with Gasteiger partial charge < -0.3 is 5.32 Å². The molecule has 1 rings (SSSR count). The molecule has 90 valence electrons. The molecular weight excluding hydrogens is 221 g/mol. The van der Waals surface area contributed by atoms with Crippen molar-refractivity contribution < 1.29 is 9.18 Å². The highest BCUT2D eigenvalue weighted by Gasteiger charge is 2.12. The zero-order valence-electron chi connectivity index (χ0n) is 9.77. The molecule has 5 heteroatoms. The van der Waals surface area contributed by atoms with E-state index in [4.69, 9.17) is 5.26 Å². The number of nitrogens with zero attached hydrogens (tertiary/aromatic N) is 2. The molecule has 0 saturated heterocycles. The summed E-state index contributed by atoms with van der Waals surface area (Å²) in [7, 11) is 1.68. The summed E-state index contributed by atoms with van der Waals surface area (Å²) in [4.78, 5) is 13.2. The highest BCUT2D eigenvalue weighted by molar-refractivity contribution is 5.92. The van der Waals surface area contributed by atoms with Crippen molar-refractivity contribution in [3.63, 3.8) is 0 Å². The number of benzene rings is 1. The predicted molar refractivity (Wildman–Crippen MR) is 62.7 cm³/mol. The molecule has 1 N–H and O–H groups in total. The van der Waals surface area contributed by atoms with Crippen LogP contribution in [0.3, 0.4) is 0 Å². The van der Waals surface area contributed by atoms with Gasteiger partial charge in [-0.15, -0.1) is 0 Å². The minimum absolute atomic E-state index is 0.0885. The molecule has 0 bridgehead atoms. The number of amides is 1. The van der Waals surface area contributed by atoms with Crippen molar-refractivity contribution in [1.29, 1.82) is 5.26 Å². The van der Waals surface area contributed by atoms with Crippen LogP contribution in [0.1, 0.15) is 6.92 Å². The molecule has 0 aliphatic carbocycles. The number of carbonyl (C=O) groups is 1. The maximum atomic E-state index is 12.9. The molecule has 1 aromatic carbocycles. The van der Waals surface area contributed by atoms with E-state index in [0.29, 0.717) is 5.69 Å². The van der Waals surface area contributed by atoms with Gasteiger partial charge in [-0.25, -0.2) is 4.39 Å². The third-order valence-corrected chi connectivity index (χ3v) is 2.35. The van der Waals surface area contributed by atoms with E-state index in [1.165, 1.54) is 18.2 Å². The minimum atomic E-state index is -0.401. The molecule has 0 heterocycles. The van der Waals surface area contributed by atoms with E-state index < -0.39 is 5.82 Å². The average molecular weight is 235 g/mol. The Morgan fingerprint density at radius 2 is 2.35 bits per heavy atom. The molecule has 1 amide bonds. The third kappa shape index (κ3) is 4.21. The van der Waals surface area contributed by atoms with Crippen molar-refractivity contribution in [1.82, 2.24) is 4.90 Å². The highest BCUT2D eigenvalue weighted by atomic mass is 19.1. The number of nitriles is 1. The Bertz CT molecular complexity index is 442. The maximum Gasteiger partial charge on any atom is 0.238 e. The first kappa shape index (κ1) is 13.1. The fourth-order valence-electron chi connectivity index (χ4n) is 1.23. The van der Waals surface area contributed by atoms with Gasteiger partial charge in [-0.05, 0) is 32.2 Å². The number of nitrogens with one attached hydrogen (secondary N) is 1. The van der Waals surface area contributed by atoms with Gasteiger partial charge >= 0.3 is 0 Å². The van der Waals surface area contributed by atoms with Crippen molar-refractivity contribution in [2.45, 2.75) is 13.0 Å². The lowest BCUT2D eigenvalue weighted by Gasteiger charge is -2.18. The first-order valence-electron chi connectivity index (χ1n) is 5.18. The van der Waals surface area contributed by atoms with Crippen molar-refractivity contribution in [2.24, 2.45) is 0 Å². The molecule has 0 aliphatic rings. The molecule has 0 aromatic heterocycles. The normalized spacial score (nSPS) is 11.9. The Morgan fingerprint density at radius 3 is 2.94 bits per heavy atom. The Hall–Kier alpha value is -1.93. The van der Waals surface area contributed by atoms with Crippen LogP contribution >= 0.6 is 0 Å². The van der Waals surface area contributed by atoms with Gasteiger partial charge in [0.2, 0.25) is 5.91 Å². The molecule has 1 aromatic rings. The standard InChI is InChI=1S/C12H14FN3O/c1-9(7-14)16(2)8-12(17)15-11-5-3-4-10(13)6-11/h3-6,9H,8H2,1-2H3,(H,15,17)/t9-/m1/s1. The van der Waals surface area contributed by atoms with Crippen molar-refractivity contribution in [3.8, 4) is 6.07 Å². The van der Waals surface area contributed by atoms with Gasteiger partial charge in [0.05, 0.1) is 18.7 Å². The van der Waals surface area contributed by atoms with Crippen LogP contribution in [0.5, 0.6) is 0 Å². The van der Waals surface area contributed by atoms with Gasteiger partial charge in [0.25, 0.3) is 0 Å². The zero-order valence-corrected chi connectivity index (χ0v) is 9.77. The summed E-state index contributed by atoms with van der Waals surface area (Å²) in [6, 6.07) is 7.36. The molecule has 0 fully saturated rings. The number of rotatable bonds is 4. The van der Waals surface area contributed by atoms with E-state index >= 15 is 0 Å². The number of anilines is 1. The Morgan fingerprint density at radius 1 is 1.65 bits per heavy atom. The van der Waals surface area contributed by atoms with E-state index in [9.17, 15) is 9.18 Å². The lowest BCUT2D eigenvalue weighted by Crippen LogP contribution is -2.35. The smallest absolute Gasteiger partial charge is 0.238 e. The molecule has 0 unspecified atom stereocenters. The molecule has 1 atom stereocenters. The van der Waals surface area contributed by atoms with Crippen LogP contribution in [0.2, 0.25) is 0 Å². The quantitative estimate of drug-likeness (QED) is 0.862. The second-order valence-electron chi connectivity index (χ2n) is 3.78. The average Bonchev–Trinajstić information content (AvgIpc) is 2.27. The first-order valence-corrected chi connectivity index (χ1v) is 5.18. The molecule has 0 radical (unpaired) electrons. The van der Waals surface area contributed by atoms with Crippen LogP contribution in [0, 0.1) is 17.1 Å². The highest BCUT2D eigenvalue weighted by Crippen LogP contribution is 2.09. The summed E-state index contributed by atoms with van der Waals surface area (Å²) in [5.74, 6) is -0.679. The van der Waals surface area contributed by atoms with Crippen molar-refractivity contribution in [3.05, 3.63) is 30.1 Å². The summed E-state index contributed by atoms with van der Waals surface area (Å²) < 4.78 is 12.9. The Kier molecular flexibility index (Phi) is 4.61. The van der Waals surface area contributed by atoms with Crippen LogP contribution in [0.15, 0.2) is 24.3 Å². The van der Waals surface area contributed by atoms with Crippen LogP contribution in [-0.4, -0.2) is 30.4 Å². The number of hydrogen-bond acceptors (Lipinski definition) is 3. The number of carbonyl (C=O) groups excluding carboxylic acids is 1. The van der Waals surface area contributed by atoms with Crippen LogP contribution in [0.25, 0.3) is 0 Å². The van der Waals surface area contributed by atoms with Gasteiger partial charge in [0.1, 0.15) is 5.82 Å². The van der Waals surface area contributed by atoms with Gasteiger partial charge in [0, 0.05) is 5.69 Å². The van der Waals surface area contributed by atoms with Crippen molar-refractivity contribution in [2.75, 3.05) is 18.9 Å². The fraction of sp³-hybridized carbons (Fsp3) is 0.333. The van der Waals surface area contributed by atoms with Gasteiger partial charge in [-0.2, -0.15) is 5.26 Å². The molecular formula is C12H14FN3O. The van der Waals surface area contributed by atoms with Crippen LogP contribution < -0.4 is 5.32 Å². The number of hydrogen-bond donors (Lipinski definition) is 1. The van der Waals surface area contributed by atoms with Gasteiger partial charge in [0.15, 0.2) is 0 Å². The van der Waals surface area contributed by atoms with E-state index in [1.54, 1.807) is 24.9 Å². The lowest BCUT2D eigenvalue weighted by atomic mass is 10.3.